The molecule has 4 rings (SSSR count). The van der Waals surface area contributed by atoms with Crippen molar-refractivity contribution in [2.24, 2.45) is 0 Å². The van der Waals surface area contributed by atoms with Gasteiger partial charge in [0.1, 0.15) is 0 Å². The summed E-state index contributed by atoms with van der Waals surface area (Å²) in [5.41, 5.74) is 3.41. The number of hydrogen-bond donors (Lipinski definition) is 2. The van der Waals surface area contributed by atoms with Gasteiger partial charge in [0.15, 0.2) is 17.2 Å². The van der Waals surface area contributed by atoms with Crippen LogP contribution in [0.25, 0.3) is 5.65 Å². The van der Waals surface area contributed by atoms with Crippen molar-refractivity contribution in [3.63, 3.8) is 0 Å². The smallest absolute Gasteiger partial charge is 0.272 e. The number of aromatic nitrogens is 5. The Balaban J connectivity index is 1.59. The topological polar surface area (TPSA) is 88.0 Å². The van der Waals surface area contributed by atoms with Crippen LogP contribution in [0.5, 0.6) is 0 Å². The van der Waals surface area contributed by atoms with Gasteiger partial charge in [0.25, 0.3) is 5.91 Å². The van der Waals surface area contributed by atoms with E-state index in [1.165, 1.54) is 0 Å². The summed E-state index contributed by atoms with van der Waals surface area (Å²) in [4.78, 5) is 12.5. The van der Waals surface area contributed by atoms with Crippen molar-refractivity contribution in [1.82, 2.24) is 30.1 Å². The Kier molecular flexibility index (Phi) is 2.92. The molecule has 3 aromatic rings. The van der Waals surface area contributed by atoms with Crippen molar-refractivity contribution >= 4 is 11.6 Å². The fourth-order valence-corrected chi connectivity index (χ4v) is 2.99. The molecule has 3 heterocycles. The highest BCUT2D eigenvalue weighted by molar-refractivity contribution is 5.94. The number of pyridine rings is 1. The largest absolute Gasteiger partial charge is 0.341 e. The summed E-state index contributed by atoms with van der Waals surface area (Å²) in [6.45, 7) is 1.90. The summed E-state index contributed by atoms with van der Waals surface area (Å²) in [6, 6.07) is 5.45. The minimum Gasteiger partial charge on any atom is -0.341 e. The maximum atomic E-state index is 12.5. The Bertz CT molecular complexity index is 849. The van der Waals surface area contributed by atoms with Crippen LogP contribution in [0.1, 0.15) is 47.0 Å². The third-order valence-corrected chi connectivity index (χ3v) is 4.10. The van der Waals surface area contributed by atoms with Crippen molar-refractivity contribution < 1.29 is 4.79 Å². The summed E-state index contributed by atoms with van der Waals surface area (Å²) < 4.78 is 1.87. The van der Waals surface area contributed by atoms with Crippen molar-refractivity contribution in [2.75, 3.05) is 0 Å². The van der Waals surface area contributed by atoms with Gasteiger partial charge in [0.05, 0.1) is 6.04 Å². The zero-order valence-electron chi connectivity index (χ0n) is 12.2. The first-order valence-corrected chi connectivity index (χ1v) is 7.40. The molecule has 0 radical (unpaired) electrons. The molecule has 1 aliphatic carbocycles. The van der Waals surface area contributed by atoms with Crippen LogP contribution in [0.2, 0.25) is 0 Å². The molecular weight excluding hydrogens is 280 g/mol. The van der Waals surface area contributed by atoms with Crippen LogP contribution in [-0.4, -0.2) is 30.7 Å². The fourth-order valence-electron chi connectivity index (χ4n) is 2.99. The summed E-state index contributed by atoms with van der Waals surface area (Å²) in [5, 5.41) is 18.4. The number of aromatic amines is 1. The van der Waals surface area contributed by atoms with E-state index in [2.05, 4.69) is 25.7 Å². The van der Waals surface area contributed by atoms with Crippen molar-refractivity contribution in [1.29, 1.82) is 0 Å². The van der Waals surface area contributed by atoms with E-state index in [0.29, 0.717) is 11.5 Å². The van der Waals surface area contributed by atoms with Crippen LogP contribution < -0.4 is 5.32 Å². The van der Waals surface area contributed by atoms with E-state index in [0.717, 1.165) is 36.2 Å². The molecule has 0 saturated heterocycles. The van der Waals surface area contributed by atoms with Gasteiger partial charge in [-0.1, -0.05) is 6.07 Å². The molecule has 0 bridgehead atoms. The number of carbonyl (C=O) groups is 1. The summed E-state index contributed by atoms with van der Waals surface area (Å²) in [7, 11) is 0. The first kappa shape index (κ1) is 13.0. The minimum absolute atomic E-state index is 0.167. The van der Waals surface area contributed by atoms with Crippen LogP contribution in [-0.2, 0) is 12.8 Å². The highest BCUT2D eigenvalue weighted by Crippen LogP contribution is 2.23. The number of nitrogens with one attached hydrogen (secondary N) is 2. The highest BCUT2D eigenvalue weighted by Gasteiger charge is 2.25. The first-order valence-electron chi connectivity index (χ1n) is 7.40. The van der Waals surface area contributed by atoms with Gasteiger partial charge in [-0.3, -0.25) is 14.3 Å². The molecule has 7 heteroatoms. The molecule has 3 aromatic heterocycles. The quantitative estimate of drug-likeness (QED) is 0.765. The zero-order valence-corrected chi connectivity index (χ0v) is 12.2. The van der Waals surface area contributed by atoms with E-state index in [1.807, 2.05) is 35.7 Å². The van der Waals surface area contributed by atoms with E-state index >= 15 is 0 Å². The molecule has 7 nitrogen and oxygen atoms in total. The maximum absolute atomic E-state index is 12.5. The van der Waals surface area contributed by atoms with Gasteiger partial charge in [0.2, 0.25) is 0 Å². The molecule has 22 heavy (non-hydrogen) atoms. The van der Waals surface area contributed by atoms with Gasteiger partial charge in [-0.2, -0.15) is 5.10 Å². The Labute approximate surface area is 126 Å². The number of nitrogens with zero attached hydrogens (tertiary/aromatic N) is 4. The lowest BCUT2D eigenvalue weighted by atomic mass is 10.2. The third-order valence-electron chi connectivity index (χ3n) is 4.10. The van der Waals surface area contributed by atoms with Gasteiger partial charge < -0.3 is 5.32 Å². The molecule has 0 spiro atoms. The number of aryl methyl sites for hydroxylation is 1. The second kappa shape index (κ2) is 4.94. The molecule has 0 unspecified atom stereocenters. The predicted octanol–water partition coefficient (Wildman–Crippen LogP) is 1.43. The summed E-state index contributed by atoms with van der Waals surface area (Å²) in [6.07, 6.45) is 4.85. The predicted molar refractivity (Wildman–Crippen MR) is 79.5 cm³/mol. The minimum atomic E-state index is -0.251. The molecule has 2 N–H and O–H groups in total. The Morgan fingerprint density at radius 3 is 3.18 bits per heavy atom. The van der Waals surface area contributed by atoms with Crippen LogP contribution in [0.4, 0.5) is 0 Å². The van der Waals surface area contributed by atoms with Gasteiger partial charge >= 0.3 is 0 Å². The number of amides is 1. The Hall–Kier alpha value is -2.70. The van der Waals surface area contributed by atoms with Gasteiger partial charge in [0, 0.05) is 17.5 Å². The van der Waals surface area contributed by atoms with Crippen molar-refractivity contribution in [3.8, 4) is 0 Å². The first-order chi connectivity index (χ1) is 10.7. The average Bonchev–Trinajstić information content (AvgIpc) is 3.21. The summed E-state index contributed by atoms with van der Waals surface area (Å²) >= 11 is 0. The molecule has 0 aliphatic heterocycles. The molecule has 0 fully saturated rings. The molecule has 112 valence electrons. The molecule has 1 atom stereocenters. The van der Waals surface area contributed by atoms with Gasteiger partial charge in [-0.05, 0) is 38.3 Å². The molecule has 0 aromatic carbocycles. The highest BCUT2D eigenvalue weighted by atomic mass is 16.2. The molecular formula is C15H16N6O. The molecule has 1 amide bonds. The average molecular weight is 296 g/mol. The lowest BCUT2D eigenvalue weighted by Crippen LogP contribution is -2.29. The standard InChI is InChI=1S/C15H16N6O/c1-9(14-20-18-12-7-2-3-8-21(12)14)16-15(22)13-10-5-4-6-11(10)17-19-13/h2-3,7-9H,4-6H2,1H3,(H,16,22)(H,17,19)/t9-/m1/s1. The monoisotopic (exact) mass is 296 g/mol. The van der Waals surface area contributed by atoms with Crippen molar-refractivity contribution in [3.05, 3.63) is 47.2 Å². The third kappa shape index (κ3) is 1.97. The number of rotatable bonds is 3. The van der Waals surface area contributed by atoms with Crippen LogP contribution in [0, 0.1) is 0 Å². The molecule has 0 saturated carbocycles. The van der Waals surface area contributed by atoms with Gasteiger partial charge in [-0.25, -0.2) is 0 Å². The van der Waals surface area contributed by atoms with Crippen LogP contribution in [0.15, 0.2) is 24.4 Å². The molecule has 1 aliphatic rings. The SMILES string of the molecule is C[C@@H](NC(=O)c1n[nH]c2c1CCC2)c1nnc2ccccn12. The van der Waals surface area contributed by atoms with E-state index in [1.54, 1.807) is 0 Å². The number of hydrogen-bond acceptors (Lipinski definition) is 4. The maximum Gasteiger partial charge on any atom is 0.272 e. The van der Waals surface area contributed by atoms with Crippen LogP contribution >= 0.6 is 0 Å². The van der Waals surface area contributed by atoms with E-state index in [4.69, 9.17) is 0 Å². The van der Waals surface area contributed by atoms with Crippen LogP contribution in [0.3, 0.4) is 0 Å². The van der Waals surface area contributed by atoms with Crippen molar-refractivity contribution in [2.45, 2.75) is 32.2 Å². The number of H-pyrrole nitrogens is 1. The van der Waals surface area contributed by atoms with Gasteiger partial charge in [-0.15, -0.1) is 10.2 Å². The van der Waals surface area contributed by atoms with E-state index in [9.17, 15) is 4.79 Å². The van der Waals surface area contributed by atoms with E-state index in [-0.39, 0.29) is 11.9 Å². The summed E-state index contributed by atoms with van der Waals surface area (Å²) in [5.74, 6) is 0.538. The number of carbonyl (C=O) groups excluding carboxylic acids is 1. The zero-order chi connectivity index (χ0) is 15.1. The Morgan fingerprint density at radius 1 is 1.36 bits per heavy atom. The Morgan fingerprint density at radius 2 is 2.27 bits per heavy atom. The normalized spacial score (nSPS) is 15.0. The number of fused-ring (bicyclic) bond motifs is 2. The lowest BCUT2D eigenvalue weighted by Gasteiger charge is -2.11. The fraction of sp³-hybridized carbons (Fsp3) is 0.333. The second-order valence-electron chi connectivity index (χ2n) is 5.57. The lowest BCUT2D eigenvalue weighted by molar-refractivity contribution is 0.0932. The van der Waals surface area contributed by atoms with E-state index < -0.39 is 0 Å². The second-order valence-corrected chi connectivity index (χ2v) is 5.57.